The minimum absolute atomic E-state index is 0.669. The predicted molar refractivity (Wildman–Crippen MR) is 79.3 cm³/mol. The van der Waals surface area contributed by atoms with E-state index in [2.05, 4.69) is 52.9 Å². The van der Waals surface area contributed by atoms with Crippen LogP contribution in [0.3, 0.4) is 0 Å². The maximum Gasteiger partial charge on any atom is 0.0642 e. The lowest BCUT2D eigenvalue weighted by molar-refractivity contribution is 0.607. The zero-order valence-electron chi connectivity index (χ0n) is 10.4. The fraction of sp³-hybridized carbons (Fsp3) is 0.571. The molecule has 3 heteroatoms. The quantitative estimate of drug-likeness (QED) is 0.701. The largest absolute Gasteiger partial charge is 0.367 e. The summed E-state index contributed by atoms with van der Waals surface area (Å²) >= 11 is 9.86. The van der Waals surface area contributed by atoms with Crippen LogP contribution in [0.5, 0.6) is 0 Å². The molecule has 94 valence electrons. The Morgan fingerprint density at radius 3 is 2.59 bits per heavy atom. The van der Waals surface area contributed by atoms with Crippen LogP contribution in [0.15, 0.2) is 18.2 Å². The van der Waals surface area contributed by atoms with Crippen molar-refractivity contribution in [2.75, 3.05) is 11.4 Å². The zero-order chi connectivity index (χ0) is 12.4. The molecule has 1 nitrogen and oxygen atoms in total. The molecule has 1 aromatic carbocycles. The Hall–Kier alpha value is -0.210. The van der Waals surface area contributed by atoms with E-state index in [0.717, 1.165) is 16.9 Å². The molecule has 17 heavy (non-hydrogen) atoms. The van der Waals surface area contributed by atoms with Crippen molar-refractivity contribution in [1.82, 2.24) is 0 Å². The number of anilines is 1. The smallest absolute Gasteiger partial charge is 0.0642 e. The number of alkyl halides is 1. The van der Waals surface area contributed by atoms with E-state index in [1.807, 2.05) is 0 Å². The summed E-state index contributed by atoms with van der Waals surface area (Å²) in [5.74, 6) is 0.669. The van der Waals surface area contributed by atoms with E-state index < -0.39 is 0 Å². The molecular weight excluding hydrogens is 298 g/mol. The second-order valence-electron chi connectivity index (χ2n) is 5.20. The zero-order valence-corrected chi connectivity index (χ0v) is 12.8. The molecule has 0 aliphatic heterocycles. The van der Waals surface area contributed by atoms with Crippen LogP contribution in [0, 0.1) is 5.92 Å². The molecule has 0 N–H and O–H groups in total. The van der Waals surface area contributed by atoms with Gasteiger partial charge in [0.25, 0.3) is 0 Å². The SMILES string of the molecule is CC(C)CN(c1ccc(CBr)cc1Cl)C1CC1. The monoisotopic (exact) mass is 315 g/mol. The number of benzene rings is 1. The third-order valence-electron chi connectivity index (χ3n) is 3.03. The molecule has 0 saturated heterocycles. The highest BCUT2D eigenvalue weighted by Gasteiger charge is 2.30. The molecule has 0 heterocycles. The molecule has 0 radical (unpaired) electrons. The van der Waals surface area contributed by atoms with Gasteiger partial charge in [0.2, 0.25) is 0 Å². The highest BCUT2D eigenvalue weighted by molar-refractivity contribution is 9.08. The van der Waals surface area contributed by atoms with E-state index in [-0.39, 0.29) is 0 Å². The third kappa shape index (κ3) is 3.38. The summed E-state index contributed by atoms with van der Waals surface area (Å²) in [6.07, 6.45) is 2.62. The number of hydrogen-bond acceptors (Lipinski definition) is 1. The molecule has 1 aliphatic carbocycles. The normalized spacial score (nSPS) is 15.4. The van der Waals surface area contributed by atoms with Gasteiger partial charge >= 0.3 is 0 Å². The average Bonchev–Trinajstić information content (AvgIpc) is 3.09. The molecule has 1 fully saturated rings. The Kier molecular flexibility index (Phi) is 4.37. The summed E-state index contributed by atoms with van der Waals surface area (Å²) in [4.78, 5) is 2.48. The van der Waals surface area contributed by atoms with Gasteiger partial charge in [-0.15, -0.1) is 0 Å². The van der Waals surface area contributed by atoms with E-state index in [9.17, 15) is 0 Å². The minimum atomic E-state index is 0.669. The van der Waals surface area contributed by atoms with Gasteiger partial charge in [0.1, 0.15) is 0 Å². The summed E-state index contributed by atoms with van der Waals surface area (Å²) in [6, 6.07) is 7.11. The molecule has 1 aliphatic rings. The number of rotatable bonds is 5. The van der Waals surface area contributed by atoms with Gasteiger partial charge in [-0.3, -0.25) is 0 Å². The minimum Gasteiger partial charge on any atom is -0.367 e. The first kappa shape index (κ1) is 13.2. The fourth-order valence-corrected chi connectivity index (χ4v) is 2.75. The molecule has 0 unspecified atom stereocenters. The molecular formula is C14H19BrClN. The van der Waals surface area contributed by atoms with Gasteiger partial charge in [0.15, 0.2) is 0 Å². The van der Waals surface area contributed by atoms with E-state index in [1.165, 1.54) is 24.1 Å². The van der Waals surface area contributed by atoms with Crippen LogP contribution in [0.4, 0.5) is 5.69 Å². The maximum atomic E-state index is 6.40. The Morgan fingerprint density at radius 2 is 2.12 bits per heavy atom. The van der Waals surface area contributed by atoms with Crippen LogP contribution in [-0.2, 0) is 5.33 Å². The van der Waals surface area contributed by atoms with Crippen LogP contribution >= 0.6 is 27.5 Å². The van der Waals surface area contributed by atoms with Crippen LogP contribution in [0.25, 0.3) is 0 Å². The van der Waals surface area contributed by atoms with Gasteiger partial charge in [-0.1, -0.05) is 47.4 Å². The Balaban J connectivity index is 2.23. The molecule has 2 rings (SSSR count). The van der Waals surface area contributed by atoms with Gasteiger partial charge in [-0.2, -0.15) is 0 Å². The lowest BCUT2D eigenvalue weighted by Crippen LogP contribution is -2.30. The lowest BCUT2D eigenvalue weighted by Gasteiger charge is -2.27. The second kappa shape index (κ2) is 5.62. The van der Waals surface area contributed by atoms with Gasteiger partial charge in [0.05, 0.1) is 10.7 Å². The Bertz CT molecular complexity index is 388. The molecule has 1 saturated carbocycles. The number of halogens is 2. The van der Waals surface area contributed by atoms with Crippen LogP contribution in [0.2, 0.25) is 5.02 Å². The van der Waals surface area contributed by atoms with E-state index in [0.29, 0.717) is 12.0 Å². The van der Waals surface area contributed by atoms with Crippen molar-refractivity contribution in [3.8, 4) is 0 Å². The molecule has 1 aromatic rings. The van der Waals surface area contributed by atoms with Crippen molar-refractivity contribution in [2.45, 2.75) is 38.1 Å². The summed E-state index contributed by atoms with van der Waals surface area (Å²) in [5.41, 5.74) is 2.44. The topological polar surface area (TPSA) is 3.24 Å². The van der Waals surface area contributed by atoms with Gasteiger partial charge in [-0.25, -0.2) is 0 Å². The van der Waals surface area contributed by atoms with E-state index in [4.69, 9.17) is 11.6 Å². The summed E-state index contributed by atoms with van der Waals surface area (Å²) < 4.78 is 0. The fourth-order valence-electron chi connectivity index (χ4n) is 2.09. The Labute approximate surface area is 117 Å². The van der Waals surface area contributed by atoms with Crippen molar-refractivity contribution >= 4 is 33.2 Å². The summed E-state index contributed by atoms with van der Waals surface area (Å²) in [5, 5.41) is 1.75. The van der Waals surface area contributed by atoms with Crippen molar-refractivity contribution in [3.05, 3.63) is 28.8 Å². The summed E-state index contributed by atoms with van der Waals surface area (Å²) in [6.45, 7) is 5.62. The van der Waals surface area contributed by atoms with E-state index in [1.54, 1.807) is 0 Å². The molecule has 0 atom stereocenters. The average molecular weight is 317 g/mol. The predicted octanol–water partition coefficient (Wildman–Crippen LogP) is 4.86. The standard InChI is InChI=1S/C14H19BrClN/c1-10(2)9-17(12-4-5-12)14-6-3-11(8-15)7-13(14)16/h3,6-7,10,12H,4-5,8-9H2,1-2H3. The van der Waals surface area contributed by atoms with Crippen molar-refractivity contribution in [3.63, 3.8) is 0 Å². The maximum absolute atomic E-state index is 6.40. The van der Waals surface area contributed by atoms with Crippen LogP contribution < -0.4 is 4.90 Å². The number of nitrogens with zero attached hydrogens (tertiary/aromatic N) is 1. The van der Waals surface area contributed by atoms with Crippen LogP contribution in [0.1, 0.15) is 32.3 Å². The highest BCUT2D eigenvalue weighted by atomic mass is 79.9. The first-order valence-electron chi connectivity index (χ1n) is 6.23. The van der Waals surface area contributed by atoms with Crippen molar-refractivity contribution in [1.29, 1.82) is 0 Å². The molecule has 0 aromatic heterocycles. The van der Waals surface area contributed by atoms with Crippen molar-refractivity contribution in [2.24, 2.45) is 5.92 Å². The highest BCUT2D eigenvalue weighted by Crippen LogP contribution is 2.36. The first-order chi connectivity index (χ1) is 8.11. The Morgan fingerprint density at radius 1 is 1.41 bits per heavy atom. The van der Waals surface area contributed by atoms with E-state index >= 15 is 0 Å². The molecule has 0 amide bonds. The second-order valence-corrected chi connectivity index (χ2v) is 6.16. The van der Waals surface area contributed by atoms with Gasteiger partial charge in [0, 0.05) is 17.9 Å². The summed E-state index contributed by atoms with van der Waals surface area (Å²) in [7, 11) is 0. The van der Waals surface area contributed by atoms with Gasteiger partial charge in [-0.05, 0) is 36.5 Å². The molecule has 0 bridgehead atoms. The van der Waals surface area contributed by atoms with Crippen molar-refractivity contribution < 1.29 is 0 Å². The third-order valence-corrected chi connectivity index (χ3v) is 3.98. The van der Waals surface area contributed by atoms with Gasteiger partial charge < -0.3 is 4.90 Å². The number of hydrogen-bond donors (Lipinski definition) is 0. The lowest BCUT2D eigenvalue weighted by atomic mass is 10.1. The molecule has 0 spiro atoms. The van der Waals surface area contributed by atoms with Crippen LogP contribution in [-0.4, -0.2) is 12.6 Å². The first-order valence-corrected chi connectivity index (χ1v) is 7.72.